The van der Waals surface area contributed by atoms with Crippen molar-refractivity contribution in [1.29, 1.82) is 0 Å². The van der Waals surface area contributed by atoms with Crippen LogP contribution in [0.4, 0.5) is 0 Å². The van der Waals surface area contributed by atoms with Crippen molar-refractivity contribution in [2.45, 2.75) is 39.1 Å². The lowest BCUT2D eigenvalue weighted by Gasteiger charge is -2.05. The molecule has 0 aliphatic heterocycles. The number of hydrogen-bond acceptors (Lipinski definition) is 4. The molecule has 0 fully saturated rings. The fourth-order valence-electron chi connectivity index (χ4n) is 2.07. The van der Waals surface area contributed by atoms with Crippen molar-refractivity contribution in [3.8, 4) is 0 Å². The summed E-state index contributed by atoms with van der Waals surface area (Å²) in [6.07, 6.45) is 0. The molecule has 0 spiro atoms. The van der Waals surface area contributed by atoms with Gasteiger partial charge in [0.15, 0.2) is 5.76 Å². The van der Waals surface area contributed by atoms with E-state index in [0.717, 1.165) is 17.0 Å². The molecule has 0 aliphatic rings. The molecule has 0 radical (unpaired) electrons. The van der Waals surface area contributed by atoms with Crippen LogP contribution in [0.15, 0.2) is 15.5 Å². The minimum absolute atomic E-state index is 0.123. The first kappa shape index (κ1) is 13.8. The Morgan fingerprint density at radius 2 is 2.00 bits per heavy atom. The zero-order valence-electron chi connectivity index (χ0n) is 11.4. The van der Waals surface area contributed by atoms with Gasteiger partial charge in [-0.15, -0.1) is 0 Å². The van der Waals surface area contributed by atoms with Crippen LogP contribution in [0.5, 0.6) is 0 Å². The molecule has 2 rings (SSSR count). The monoisotopic (exact) mass is 283 g/mol. The molecule has 19 heavy (non-hydrogen) atoms. The van der Waals surface area contributed by atoms with E-state index in [4.69, 9.17) is 4.52 Å². The molecule has 0 saturated carbocycles. The molecule has 2 aromatic rings. The lowest BCUT2D eigenvalue weighted by molar-refractivity contribution is 0.390. The Morgan fingerprint density at radius 1 is 1.32 bits per heavy atom. The molecule has 2 heterocycles. The van der Waals surface area contributed by atoms with E-state index in [0.29, 0.717) is 11.5 Å². The molecule has 2 N–H and O–H groups in total. The van der Waals surface area contributed by atoms with Gasteiger partial charge in [0.25, 0.3) is 0 Å². The second-order valence-corrected chi connectivity index (χ2v) is 6.28. The third-order valence-corrected chi connectivity index (χ3v) is 4.59. The summed E-state index contributed by atoms with van der Waals surface area (Å²) in [5.41, 5.74) is 3.25. The van der Waals surface area contributed by atoms with Gasteiger partial charge in [0, 0.05) is 17.9 Å². The van der Waals surface area contributed by atoms with Crippen LogP contribution in [0.1, 0.15) is 28.4 Å². The van der Waals surface area contributed by atoms with E-state index < -0.39 is 10.0 Å². The summed E-state index contributed by atoms with van der Waals surface area (Å²) < 4.78 is 31.9. The lowest BCUT2D eigenvalue weighted by atomic mass is 10.2. The Balaban J connectivity index is 2.21. The van der Waals surface area contributed by atoms with E-state index in [1.165, 1.54) is 0 Å². The van der Waals surface area contributed by atoms with Crippen molar-refractivity contribution in [3.05, 3.63) is 34.5 Å². The molecule has 0 unspecified atom stereocenters. The normalized spacial score (nSPS) is 12.0. The van der Waals surface area contributed by atoms with Crippen molar-refractivity contribution in [2.24, 2.45) is 0 Å². The summed E-state index contributed by atoms with van der Waals surface area (Å²) in [7, 11) is -3.60. The average molecular weight is 283 g/mol. The highest BCUT2D eigenvalue weighted by Crippen LogP contribution is 2.19. The van der Waals surface area contributed by atoms with Gasteiger partial charge in [0.2, 0.25) is 10.0 Å². The van der Waals surface area contributed by atoms with Crippen LogP contribution < -0.4 is 4.72 Å². The van der Waals surface area contributed by atoms with Crippen LogP contribution in [0.25, 0.3) is 0 Å². The van der Waals surface area contributed by atoms with Crippen molar-refractivity contribution < 1.29 is 12.9 Å². The molecule has 7 heteroatoms. The SMILES string of the molecule is Cc1cc(CNS(=O)(=O)c2c(C)noc2C)c(C)[nH]1. The molecule has 0 aliphatic carbocycles. The van der Waals surface area contributed by atoms with E-state index in [1.807, 2.05) is 19.9 Å². The number of rotatable bonds is 4. The van der Waals surface area contributed by atoms with Crippen molar-refractivity contribution >= 4 is 10.0 Å². The minimum atomic E-state index is -3.60. The number of H-pyrrole nitrogens is 1. The van der Waals surface area contributed by atoms with Gasteiger partial charge >= 0.3 is 0 Å². The molecule has 0 aromatic carbocycles. The van der Waals surface area contributed by atoms with Gasteiger partial charge in [-0.3, -0.25) is 0 Å². The largest absolute Gasteiger partial charge is 0.362 e. The molecule has 0 amide bonds. The summed E-state index contributed by atoms with van der Waals surface area (Å²) >= 11 is 0. The molecule has 0 saturated heterocycles. The van der Waals surface area contributed by atoms with Gasteiger partial charge < -0.3 is 9.51 Å². The van der Waals surface area contributed by atoms with Crippen molar-refractivity contribution in [1.82, 2.24) is 14.9 Å². The predicted molar refractivity (Wildman–Crippen MR) is 70.3 cm³/mol. The topological polar surface area (TPSA) is 88.0 Å². The van der Waals surface area contributed by atoms with Crippen molar-refractivity contribution in [2.75, 3.05) is 0 Å². The summed E-state index contributed by atoms with van der Waals surface area (Å²) in [4.78, 5) is 3.26. The van der Waals surface area contributed by atoms with E-state index in [1.54, 1.807) is 13.8 Å². The Labute approximate surface area is 112 Å². The van der Waals surface area contributed by atoms with Crippen LogP contribution >= 0.6 is 0 Å². The molecule has 0 atom stereocenters. The number of aromatic nitrogens is 2. The van der Waals surface area contributed by atoms with Crippen molar-refractivity contribution in [3.63, 3.8) is 0 Å². The Morgan fingerprint density at radius 3 is 2.47 bits per heavy atom. The Bertz CT molecular complexity index is 678. The minimum Gasteiger partial charge on any atom is -0.362 e. The van der Waals surface area contributed by atoms with Gasteiger partial charge in [-0.25, -0.2) is 13.1 Å². The van der Waals surface area contributed by atoms with Crippen LogP contribution in [-0.2, 0) is 16.6 Å². The number of aryl methyl sites for hydroxylation is 4. The van der Waals surface area contributed by atoms with Gasteiger partial charge in [0.1, 0.15) is 10.6 Å². The summed E-state index contributed by atoms with van der Waals surface area (Å²) in [5, 5.41) is 3.66. The summed E-state index contributed by atoms with van der Waals surface area (Å²) in [6, 6.07) is 1.92. The second-order valence-electron chi connectivity index (χ2n) is 4.58. The Hall–Kier alpha value is -1.60. The van der Waals surface area contributed by atoms with Gasteiger partial charge in [-0.1, -0.05) is 5.16 Å². The van der Waals surface area contributed by atoms with Gasteiger partial charge in [-0.2, -0.15) is 0 Å². The Kier molecular flexibility index (Phi) is 3.51. The van der Waals surface area contributed by atoms with Crippen LogP contribution in [0.3, 0.4) is 0 Å². The molecule has 6 nitrogen and oxygen atoms in total. The first-order chi connectivity index (χ1) is 8.81. The quantitative estimate of drug-likeness (QED) is 0.894. The zero-order chi connectivity index (χ0) is 14.2. The molecule has 2 aromatic heterocycles. The van der Waals surface area contributed by atoms with E-state index in [-0.39, 0.29) is 11.4 Å². The zero-order valence-corrected chi connectivity index (χ0v) is 12.2. The third kappa shape index (κ3) is 2.71. The summed E-state index contributed by atoms with van der Waals surface area (Å²) in [6.45, 7) is 7.27. The molecular weight excluding hydrogens is 266 g/mol. The fraction of sp³-hybridized carbons (Fsp3) is 0.417. The second kappa shape index (κ2) is 4.82. The average Bonchev–Trinajstić information content (AvgIpc) is 2.79. The molecular formula is C12H17N3O3S. The van der Waals surface area contributed by atoms with E-state index in [9.17, 15) is 8.42 Å². The number of hydrogen-bond donors (Lipinski definition) is 2. The van der Waals surface area contributed by atoms with E-state index >= 15 is 0 Å². The maximum atomic E-state index is 12.2. The van der Waals surface area contributed by atoms with Crippen LogP contribution in [0.2, 0.25) is 0 Å². The first-order valence-corrected chi connectivity index (χ1v) is 7.37. The lowest BCUT2D eigenvalue weighted by Crippen LogP contribution is -2.24. The third-order valence-electron chi connectivity index (χ3n) is 2.95. The van der Waals surface area contributed by atoms with Gasteiger partial charge in [-0.05, 0) is 39.3 Å². The summed E-state index contributed by atoms with van der Waals surface area (Å²) in [5.74, 6) is 0.298. The van der Waals surface area contributed by atoms with Crippen LogP contribution in [0, 0.1) is 27.7 Å². The highest BCUT2D eigenvalue weighted by atomic mass is 32.2. The first-order valence-electron chi connectivity index (χ1n) is 5.89. The molecule has 0 bridgehead atoms. The maximum Gasteiger partial charge on any atom is 0.246 e. The number of aromatic amines is 1. The van der Waals surface area contributed by atoms with E-state index in [2.05, 4.69) is 14.9 Å². The highest BCUT2D eigenvalue weighted by molar-refractivity contribution is 7.89. The highest BCUT2D eigenvalue weighted by Gasteiger charge is 2.24. The number of sulfonamides is 1. The van der Waals surface area contributed by atoms with Gasteiger partial charge in [0.05, 0.1) is 0 Å². The smallest absolute Gasteiger partial charge is 0.246 e. The standard InChI is InChI=1S/C12H17N3O3S/c1-7-5-11(8(2)14-7)6-13-19(16,17)12-9(3)15-18-10(12)4/h5,13-14H,6H2,1-4H3. The fourth-order valence-corrected chi connectivity index (χ4v) is 3.40. The molecule has 104 valence electrons. The number of nitrogens with zero attached hydrogens (tertiary/aromatic N) is 1. The predicted octanol–water partition coefficient (Wildman–Crippen LogP) is 1.71. The number of nitrogens with one attached hydrogen (secondary N) is 2. The maximum absolute atomic E-state index is 12.2. The van der Waals surface area contributed by atoms with Crippen LogP contribution in [-0.4, -0.2) is 18.6 Å².